The molecule has 3 rings (SSSR count). The van der Waals surface area contributed by atoms with Crippen LogP contribution >= 0.6 is 0 Å². The fraction of sp³-hybridized carbons (Fsp3) is 0.409. The number of halogens is 1. The second kappa shape index (κ2) is 8.89. The van der Waals surface area contributed by atoms with Gasteiger partial charge in [-0.15, -0.1) is 0 Å². The first-order valence-electron chi connectivity index (χ1n) is 9.73. The van der Waals surface area contributed by atoms with Crippen molar-refractivity contribution in [3.05, 3.63) is 59.4 Å². The van der Waals surface area contributed by atoms with Gasteiger partial charge in [0.15, 0.2) is 0 Å². The Morgan fingerprint density at radius 2 is 1.85 bits per heavy atom. The van der Waals surface area contributed by atoms with Gasteiger partial charge in [-0.2, -0.15) is 0 Å². The predicted molar refractivity (Wildman–Crippen MR) is 109 cm³/mol. The first kappa shape index (κ1) is 19.2. The van der Waals surface area contributed by atoms with Crippen LogP contribution in [0.4, 0.5) is 20.6 Å². The number of hydrogen-bond donors (Lipinski definition) is 1. The zero-order valence-electron chi connectivity index (χ0n) is 16.2. The van der Waals surface area contributed by atoms with Gasteiger partial charge in [0.25, 0.3) is 0 Å². The molecule has 5 heteroatoms. The normalized spacial score (nSPS) is 14.3. The Labute approximate surface area is 161 Å². The minimum atomic E-state index is -0.214. The maximum atomic E-state index is 13.9. The Bertz CT molecular complexity index is 785. The highest BCUT2D eigenvalue weighted by atomic mass is 19.1. The van der Waals surface area contributed by atoms with Crippen LogP contribution in [0.2, 0.25) is 0 Å². The summed E-state index contributed by atoms with van der Waals surface area (Å²) < 4.78 is 13.9. The Balaban J connectivity index is 1.56. The summed E-state index contributed by atoms with van der Waals surface area (Å²) in [5, 5.41) is 3.02. The number of anilines is 2. The number of rotatable bonds is 5. The number of carbonyl (C=O) groups is 1. The monoisotopic (exact) mass is 369 g/mol. The molecule has 0 atom stereocenters. The molecule has 4 nitrogen and oxygen atoms in total. The standard InChI is InChI=1S/C22H28FN3O/c1-3-4-7-18-10-11-20(17(2)16-18)24-22(27)26-14-12-25(13-15-26)21-9-6-5-8-19(21)23/h5-6,8-11,16H,3-4,7,12-15H2,1-2H3,(H,24,27). The van der Waals surface area contributed by atoms with E-state index >= 15 is 0 Å². The van der Waals surface area contributed by atoms with Crippen molar-refractivity contribution in [3.8, 4) is 0 Å². The quantitative estimate of drug-likeness (QED) is 0.819. The lowest BCUT2D eigenvalue weighted by Gasteiger charge is -2.36. The third-order valence-corrected chi connectivity index (χ3v) is 5.11. The molecule has 1 aliphatic rings. The molecule has 0 unspecified atom stereocenters. The van der Waals surface area contributed by atoms with Gasteiger partial charge in [0.1, 0.15) is 5.82 Å². The topological polar surface area (TPSA) is 35.6 Å². The molecule has 0 spiro atoms. The fourth-order valence-corrected chi connectivity index (χ4v) is 3.46. The number of nitrogens with zero attached hydrogens (tertiary/aromatic N) is 2. The van der Waals surface area contributed by atoms with Crippen molar-refractivity contribution in [2.24, 2.45) is 0 Å². The van der Waals surface area contributed by atoms with Gasteiger partial charge in [-0.05, 0) is 49.1 Å². The van der Waals surface area contributed by atoms with E-state index in [1.165, 1.54) is 24.5 Å². The van der Waals surface area contributed by atoms with Gasteiger partial charge in [0.2, 0.25) is 0 Å². The summed E-state index contributed by atoms with van der Waals surface area (Å²) in [6, 6.07) is 12.9. The minimum absolute atomic E-state index is 0.0902. The van der Waals surface area contributed by atoms with Crippen LogP contribution in [0.3, 0.4) is 0 Å². The Kier molecular flexibility index (Phi) is 6.32. The largest absolute Gasteiger partial charge is 0.366 e. The highest BCUT2D eigenvalue weighted by Gasteiger charge is 2.23. The molecule has 27 heavy (non-hydrogen) atoms. The van der Waals surface area contributed by atoms with Gasteiger partial charge >= 0.3 is 6.03 Å². The Hall–Kier alpha value is -2.56. The van der Waals surface area contributed by atoms with Crippen LogP contribution in [0, 0.1) is 12.7 Å². The number of piperazine rings is 1. The minimum Gasteiger partial charge on any atom is -0.366 e. The van der Waals surface area contributed by atoms with E-state index in [0.717, 1.165) is 17.7 Å². The van der Waals surface area contributed by atoms with E-state index in [0.29, 0.717) is 31.9 Å². The van der Waals surface area contributed by atoms with Gasteiger partial charge in [-0.25, -0.2) is 9.18 Å². The molecular formula is C22H28FN3O. The van der Waals surface area contributed by atoms with Crippen LogP contribution < -0.4 is 10.2 Å². The van der Waals surface area contributed by atoms with Crippen LogP contribution in [0.15, 0.2) is 42.5 Å². The molecule has 0 saturated carbocycles. The van der Waals surface area contributed by atoms with E-state index in [1.807, 2.05) is 24.0 Å². The lowest BCUT2D eigenvalue weighted by atomic mass is 10.0. The van der Waals surface area contributed by atoms with Crippen LogP contribution in [-0.2, 0) is 6.42 Å². The maximum Gasteiger partial charge on any atom is 0.321 e. The van der Waals surface area contributed by atoms with Crippen LogP contribution in [0.1, 0.15) is 30.9 Å². The zero-order chi connectivity index (χ0) is 19.2. The molecule has 0 bridgehead atoms. The highest BCUT2D eigenvalue weighted by Crippen LogP contribution is 2.21. The second-order valence-electron chi connectivity index (χ2n) is 7.11. The summed E-state index contributed by atoms with van der Waals surface area (Å²) in [4.78, 5) is 16.4. The number of unbranched alkanes of at least 4 members (excludes halogenated alkanes) is 1. The highest BCUT2D eigenvalue weighted by molar-refractivity contribution is 5.90. The molecule has 1 fully saturated rings. The summed E-state index contributed by atoms with van der Waals surface area (Å²) >= 11 is 0. The third-order valence-electron chi connectivity index (χ3n) is 5.11. The van der Waals surface area contributed by atoms with Gasteiger partial charge in [-0.1, -0.05) is 37.6 Å². The van der Waals surface area contributed by atoms with Crippen LogP contribution in [-0.4, -0.2) is 37.1 Å². The number of aryl methyl sites for hydroxylation is 2. The lowest BCUT2D eigenvalue weighted by Crippen LogP contribution is -2.50. The number of nitrogens with one attached hydrogen (secondary N) is 1. The summed E-state index contributed by atoms with van der Waals surface area (Å²) in [5.74, 6) is -0.214. The van der Waals surface area contributed by atoms with Crippen molar-refractivity contribution >= 4 is 17.4 Å². The predicted octanol–water partition coefficient (Wildman–Crippen LogP) is 4.83. The summed E-state index contributed by atoms with van der Waals surface area (Å²) in [6.07, 6.45) is 3.43. The van der Waals surface area contributed by atoms with Crippen LogP contribution in [0.5, 0.6) is 0 Å². The summed E-state index contributed by atoms with van der Waals surface area (Å²) in [6.45, 7) is 6.63. The van der Waals surface area contributed by atoms with Crippen molar-refractivity contribution < 1.29 is 9.18 Å². The lowest BCUT2D eigenvalue weighted by molar-refractivity contribution is 0.208. The molecule has 1 N–H and O–H groups in total. The van der Waals surface area contributed by atoms with Crippen molar-refractivity contribution in [2.45, 2.75) is 33.1 Å². The van der Waals surface area contributed by atoms with Crippen molar-refractivity contribution in [1.82, 2.24) is 4.90 Å². The number of urea groups is 1. The van der Waals surface area contributed by atoms with E-state index in [-0.39, 0.29) is 11.8 Å². The van der Waals surface area contributed by atoms with E-state index in [9.17, 15) is 9.18 Å². The molecule has 0 radical (unpaired) electrons. The molecule has 1 aliphatic heterocycles. The second-order valence-corrected chi connectivity index (χ2v) is 7.11. The molecule has 2 aromatic carbocycles. The van der Waals surface area contributed by atoms with Crippen molar-refractivity contribution in [3.63, 3.8) is 0 Å². The fourth-order valence-electron chi connectivity index (χ4n) is 3.46. The SMILES string of the molecule is CCCCc1ccc(NC(=O)N2CCN(c3ccccc3F)CC2)c(C)c1. The smallest absolute Gasteiger partial charge is 0.321 e. The first-order valence-corrected chi connectivity index (χ1v) is 9.73. The third kappa shape index (κ3) is 4.79. The number of amides is 2. The van der Waals surface area contributed by atoms with Gasteiger partial charge in [0.05, 0.1) is 5.69 Å². The van der Waals surface area contributed by atoms with Gasteiger partial charge < -0.3 is 15.1 Å². The van der Waals surface area contributed by atoms with Crippen molar-refractivity contribution in [2.75, 3.05) is 36.4 Å². The zero-order valence-corrected chi connectivity index (χ0v) is 16.2. The molecule has 2 amide bonds. The summed E-state index contributed by atoms with van der Waals surface area (Å²) in [5.41, 5.74) is 3.86. The summed E-state index contributed by atoms with van der Waals surface area (Å²) in [7, 11) is 0. The number of carbonyl (C=O) groups excluding carboxylic acids is 1. The van der Waals surface area contributed by atoms with Gasteiger partial charge in [-0.3, -0.25) is 0 Å². The molecule has 144 valence electrons. The molecule has 2 aromatic rings. The Morgan fingerprint density at radius 1 is 1.11 bits per heavy atom. The number of hydrogen-bond acceptors (Lipinski definition) is 2. The average Bonchev–Trinajstić information content (AvgIpc) is 2.68. The van der Waals surface area contributed by atoms with E-state index in [1.54, 1.807) is 17.0 Å². The van der Waals surface area contributed by atoms with E-state index in [2.05, 4.69) is 24.4 Å². The Morgan fingerprint density at radius 3 is 2.52 bits per heavy atom. The van der Waals surface area contributed by atoms with E-state index in [4.69, 9.17) is 0 Å². The molecule has 1 heterocycles. The first-order chi connectivity index (χ1) is 13.1. The van der Waals surface area contributed by atoms with Crippen LogP contribution in [0.25, 0.3) is 0 Å². The van der Waals surface area contributed by atoms with E-state index < -0.39 is 0 Å². The molecule has 1 saturated heterocycles. The molecule has 0 aromatic heterocycles. The average molecular weight is 369 g/mol. The molecular weight excluding hydrogens is 341 g/mol. The van der Waals surface area contributed by atoms with Gasteiger partial charge in [0, 0.05) is 31.9 Å². The maximum absolute atomic E-state index is 13.9. The molecule has 0 aliphatic carbocycles. The van der Waals surface area contributed by atoms with Crippen molar-refractivity contribution in [1.29, 1.82) is 0 Å². The number of para-hydroxylation sites is 1. The number of benzene rings is 2.